The molecule has 0 radical (unpaired) electrons. The molecule has 2 aliphatic heterocycles. The van der Waals surface area contributed by atoms with E-state index in [-0.39, 0.29) is 11.9 Å². The molecular weight excluding hydrogens is 398 g/mol. The van der Waals surface area contributed by atoms with Crippen LogP contribution in [0.5, 0.6) is 0 Å². The molecule has 1 amide bonds. The number of piperidine rings is 1. The van der Waals surface area contributed by atoms with E-state index in [2.05, 4.69) is 52.1 Å². The number of hydrogen-bond acceptors (Lipinski definition) is 7. The van der Waals surface area contributed by atoms with Crippen LogP contribution in [0.25, 0.3) is 21.7 Å². The predicted octanol–water partition coefficient (Wildman–Crippen LogP) is 3.72. The van der Waals surface area contributed by atoms with E-state index in [0.717, 1.165) is 67.2 Å². The summed E-state index contributed by atoms with van der Waals surface area (Å²) in [5.41, 5.74) is 2.63. The Morgan fingerprint density at radius 3 is 2.80 bits per heavy atom. The first kappa shape index (κ1) is 19.5. The highest BCUT2D eigenvalue weighted by Gasteiger charge is 2.26. The van der Waals surface area contributed by atoms with Crippen LogP contribution in [0.3, 0.4) is 0 Å². The summed E-state index contributed by atoms with van der Waals surface area (Å²) in [7, 11) is 2.15. The SMILES string of the molecule is C[C@@H]1CCCCN1C(=O)c1cnc(-c2noc3cc(N4CCN(C)CC4)ccc23)s1. The van der Waals surface area contributed by atoms with E-state index in [0.29, 0.717) is 10.6 Å². The molecule has 0 N–H and O–H groups in total. The van der Waals surface area contributed by atoms with Gasteiger partial charge in [-0.15, -0.1) is 11.3 Å². The maximum absolute atomic E-state index is 12.9. The molecule has 8 heteroatoms. The summed E-state index contributed by atoms with van der Waals surface area (Å²) in [6.07, 6.45) is 5.02. The van der Waals surface area contributed by atoms with Crippen molar-refractivity contribution < 1.29 is 9.32 Å². The monoisotopic (exact) mass is 425 g/mol. The minimum absolute atomic E-state index is 0.0797. The van der Waals surface area contributed by atoms with Crippen molar-refractivity contribution in [3.63, 3.8) is 0 Å². The number of piperazine rings is 1. The number of carbonyl (C=O) groups is 1. The van der Waals surface area contributed by atoms with E-state index in [9.17, 15) is 4.79 Å². The molecule has 0 unspecified atom stereocenters. The molecule has 0 spiro atoms. The summed E-state index contributed by atoms with van der Waals surface area (Å²) in [5, 5.41) is 5.95. The Kier molecular flexibility index (Phi) is 5.20. The smallest absolute Gasteiger partial charge is 0.265 e. The summed E-state index contributed by atoms with van der Waals surface area (Å²) < 4.78 is 5.64. The van der Waals surface area contributed by atoms with E-state index in [1.807, 2.05) is 4.90 Å². The van der Waals surface area contributed by atoms with Crippen LogP contribution in [0.2, 0.25) is 0 Å². The lowest BCUT2D eigenvalue weighted by Gasteiger charge is -2.33. The van der Waals surface area contributed by atoms with Crippen molar-refractivity contribution >= 4 is 33.9 Å². The zero-order valence-electron chi connectivity index (χ0n) is 17.5. The third-order valence-corrected chi connectivity index (χ3v) is 7.30. The molecule has 7 nitrogen and oxygen atoms in total. The normalized spacial score (nSPS) is 20.8. The van der Waals surface area contributed by atoms with E-state index in [1.54, 1.807) is 6.20 Å². The van der Waals surface area contributed by atoms with Crippen LogP contribution >= 0.6 is 11.3 Å². The average molecular weight is 426 g/mol. The van der Waals surface area contributed by atoms with Crippen LogP contribution in [0.15, 0.2) is 28.9 Å². The number of thiazole rings is 1. The van der Waals surface area contributed by atoms with Crippen molar-refractivity contribution in [3.05, 3.63) is 29.3 Å². The Balaban J connectivity index is 1.38. The molecule has 2 saturated heterocycles. The minimum Gasteiger partial charge on any atom is -0.369 e. The molecule has 0 saturated carbocycles. The van der Waals surface area contributed by atoms with Gasteiger partial charge in [0.2, 0.25) is 0 Å². The first-order valence-corrected chi connectivity index (χ1v) is 11.5. The third kappa shape index (κ3) is 3.58. The fraction of sp³-hybridized carbons (Fsp3) is 0.500. The lowest BCUT2D eigenvalue weighted by molar-refractivity contribution is 0.0640. The van der Waals surface area contributed by atoms with Gasteiger partial charge in [-0.3, -0.25) is 4.79 Å². The van der Waals surface area contributed by atoms with Gasteiger partial charge in [0.25, 0.3) is 5.91 Å². The Bertz CT molecular complexity index is 1050. The number of anilines is 1. The zero-order chi connectivity index (χ0) is 20.7. The Labute approximate surface area is 180 Å². The summed E-state index contributed by atoms with van der Waals surface area (Å²) in [6.45, 7) is 7.10. The summed E-state index contributed by atoms with van der Waals surface area (Å²) >= 11 is 1.40. The van der Waals surface area contributed by atoms with E-state index >= 15 is 0 Å². The number of fused-ring (bicyclic) bond motifs is 1. The molecule has 4 heterocycles. The molecule has 2 aliphatic rings. The van der Waals surface area contributed by atoms with Gasteiger partial charge in [-0.2, -0.15) is 0 Å². The van der Waals surface area contributed by atoms with Crippen molar-refractivity contribution in [1.29, 1.82) is 0 Å². The highest BCUT2D eigenvalue weighted by atomic mass is 32.1. The number of benzene rings is 1. The van der Waals surface area contributed by atoms with E-state index < -0.39 is 0 Å². The van der Waals surface area contributed by atoms with Gasteiger partial charge < -0.3 is 19.2 Å². The van der Waals surface area contributed by atoms with E-state index in [1.165, 1.54) is 17.8 Å². The maximum atomic E-state index is 12.9. The first-order chi connectivity index (χ1) is 14.6. The highest BCUT2D eigenvalue weighted by Crippen LogP contribution is 2.34. The quantitative estimate of drug-likeness (QED) is 0.637. The Morgan fingerprint density at radius 1 is 1.17 bits per heavy atom. The molecule has 30 heavy (non-hydrogen) atoms. The van der Waals surface area contributed by atoms with Gasteiger partial charge in [0, 0.05) is 50.5 Å². The molecule has 2 fully saturated rings. The highest BCUT2D eigenvalue weighted by molar-refractivity contribution is 7.17. The second-order valence-electron chi connectivity index (χ2n) is 8.37. The van der Waals surface area contributed by atoms with Crippen molar-refractivity contribution in [1.82, 2.24) is 19.9 Å². The lowest BCUT2D eigenvalue weighted by Crippen LogP contribution is -2.44. The number of carbonyl (C=O) groups excluding carboxylic acids is 1. The van der Waals surface area contributed by atoms with Crippen LogP contribution in [0.1, 0.15) is 35.9 Å². The van der Waals surface area contributed by atoms with Crippen molar-refractivity contribution in [3.8, 4) is 10.7 Å². The molecule has 0 aliphatic carbocycles. The Hall–Kier alpha value is -2.45. The first-order valence-electron chi connectivity index (χ1n) is 10.7. The molecule has 0 bridgehead atoms. The largest absolute Gasteiger partial charge is 0.369 e. The summed E-state index contributed by atoms with van der Waals surface area (Å²) in [4.78, 5) is 24.8. The standard InChI is InChI=1S/C22H27N5O2S/c1-15-5-3-4-8-27(15)22(28)19-14-23-21(30-19)20-17-7-6-16(13-18(17)29-24-20)26-11-9-25(2)10-12-26/h6-7,13-15H,3-5,8-12H2,1-2H3/t15-/m1/s1. The Morgan fingerprint density at radius 2 is 2.00 bits per heavy atom. The van der Waals surface area contributed by atoms with Gasteiger partial charge in [0.15, 0.2) is 5.58 Å². The number of aromatic nitrogens is 2. The number of nitrogens with zero attached hydrogens (tertiary/aromatic N) is 5. The molecular formula is C22H27N5O2S. The van der Waals surface area contributed by atoms with Crippen molar-refractivity contribution in [2.45, 2.75) is 32.2 Å². The maximum Gasteiger partial charge on any atom is 0.265 e. The second-order valence-corrected chi connectivity index (χ2v) is 9.41. The van der Waals surface area contributed by atoms with Crippen LogP contribution in [-0.4, -0.2) is 71.7 Å². The summed E-state index contributed by atoms with van der Waals surface area (Å²) in [6, 6.07) is 6.54. The van der Waals surface area contributed by atoms with Gasteiger partial charge in [-0.25, -0.2) is 4.98 Å². The number of amides is 1. The predicted molar refractivity (Wildman–Crippen MR) is 119 cm³/mol. The van der Waals surface area contributed by atoms with Crippen LogP contribution in [0.4, 0.5) is 5.69 Å². The van der Waals surface area contributed by atoms with Gasteiger partial charge >= 0.3 is 0 Å². The molecule has 5 rings (SSSR count). The molecule has 2 aromatic heterocycles. The van der Waals surface area contributed by atoms with Gasteiger partial charge in [0.1, 0.15) is 15.6 Å². The van der Waals surface area contributed by atoms with Crippen LogP contribution in [0, 0.1) is 0 Å². The molecule has 158 valence electrons. The second kappa shape index (κ2) is 8.00. The fourth-order valence-electron chi connectivity index (χ4n) is 4.37. The average Bonchev–Trinajstić information content (AvgIpc) is 3.41. The third-order valence-electron chi connectivity index (χ3n) is 6.31. The number of hydrogen-bond donors (Lipinski definition) is 0. The van der Waals surface area contributed by atoms with Crippen molar-refractivity contribution in [2.75, 3.05) is 44.7 Å². The topological polar surface area (TPSA) is 65.7 Å². The van der Waals surface area contributed by atoms with Gasteiger partial charge in [0.05, 0.1) is 11.6 Å². The van der Waals surface area contributed by atoms with Gasteiger partial charge in [-0.05, 0) is 45.4 Å². The molecule has 3 aromatic rings. The van der Waals surface area contributed by atoms with Crippen LogP contribution in [-0.2, 0) is 0 Å². The molecule has 1 atom stereocenters. The minimum atomic E-state index is 0.0797. The zero-order valence-corrected chi connectivity index (χ0v) is 18.3. The van der Waals surface area contributed by atoms with Crippen LogP contribution < -0.4 is 4.90 Å². The number of likely N-dealkylation sites (N-methyl/N-ethyl adjacent to an activating group) is 1. The fourth-order valence-corrected chi connectivity index (χ4v) is 5.23. The number of rotatable bonds is 3. The van der Waals surface area contributed by atoms with E-state index in [4.69, 9.17) is 4.52 Å². The molecule has 1 aromatic carbocycles. The van der Waals surface area contributed by atoms with Gasteiger partial charge in [-0.1, -0.05) is 5.16 Å². The van der Waals surface area contributed by atoms with Crippen molar-refractivity contribution in [2.24, 2.45) is 0 Å². The number of likely N-dealkylation sites (tertiary alicyclic amines) is 1. The lowest BCUT2D eigenvalue weighted by atomic mass is 10.0. The summed E-state index contributed by atoms with van der Waals surface area (Å²) in [5.74, 6) is 0.0797.